The molecule has 76 valence electrons. The second-order valence-electron chi connectivity index (χ2n) is 4.47. The maximum atomic E-state index is 11.6. The summed E-state index contributed by atoms with van der Waals surface area (Å²) in [7, 11) is 0. The van der Waals surface area contributed by atoms with Gasteiger partial charge in [-0.05, 0) is 25.7 Å². The largest absolute Gasteiger partial charge is 0.343 e. The molecule has 0 aliphatic heterocycles. The van der Waals surface area contributed by atoms with Crippen LogP contribution in [0, 0.1) is 0 Å². The Morgan fingerprint density at radius 2 is 1.93 bits per heavy atom. The van der Waals surface area contributed by atoms with E-state index in [1.165, 1.54) is 25.7 Å². The van der Waals surface area contributed by atoms with Crippen LogP contribution in [0.2, 0.25) is 0 Å². The van der Waals surface area contributed by atoms with Crippen molar-refractivity contribution in [1.29, 1.82) is 0 Å². The highest BCUT2D eigenvalue weighted by atomic mass is 16.1. The summed E-state index contributed by atoms with van der Waals surface area (Å²) in [4.78, 5) is 11.6. The van der Waals surface area contributed by atoms with E-state index in [0.717, 1.165) is 18.7 Å². The maximum absolute atomic E-state index is 11.6. The average molecular weight is 193 g/mol. The van der Waals surface area contributed by atoms with Crippen LogP contribution in [0.4, 0.5) is 0 Å². The van der Waals surface area contributed by atoms with E-state index in [4.69, 9.17) is 0 Å². The summed E-state index contributed by atoms with van der Waals surface area (Å²) in [5, 5.41) is 6.74. The van der Waals surface area contributed by atoms with Crippen LogP contribution in [0.25, 0.3) is 0 Å². The van der Waals surface area contributed by atoms with Crippen LogP contribution in [0.1, 0.15) is 56.3 Å². The Morgan fingerprint density at radius 1 is 1.21 bits per heavy atom. The first-order valence-electron chi connectivity index (χ1n) is 5.53. The van der Waals surface area contributed by atoms with Crippen LogP contribution >= 0.6 is 0 Å². The molecule has 0 bridgehead atoms. The molecule has 1 aromatic rings. The fourth-order valence-corrected chi connectivity index (χ4v) is 2.46. The molecule has 0 saturated heterocycles. The van der Waals surface area contributed by atoms with Crippen molar-refractivity contribution in [2.75, 3.05) is 0 Å². The van der Waals surface area contributed by atoms with E-state index in [9.17, 15) is 4.79 Å². The summed E-state index contributed by atoms with van der Waals surface area (Å²) in [5.74, 6) is 1.58. The fraction of sp³-hybridized carbons (Fsp3) is 0.800. The third-order valence-corrected chi connectivity index (χ3v) is 3.36. The van der Waals surface area contributed by atoms with E-state index in [1.54, 1.807) is 0 Å². The van der Waals surface area contributed by atoms with Crippen molar-refractivity contribution in [3.8, 4) is 0 Å². The minimum atomic E-state index is -0.00111. The van der Waals surface area contributed by atoms with Crippen LogP contribution in [0.15, 0.2) is 4.79 Å². The van der Waals surface area contributed by atoms with E-state index in [-0.39, 0.29) is 5.69 Å². The number of nitrogens with one attached hydrogen (secondary N) is 1. The summed E-state index contributed by atoms with van der Waals surface area (Å²) in [6.45, 7) is 0. The molecule has 2 aliphatic rings. The number of nitrogens with zero attached hydrogens (tertiary/aromatic N) is 2. The Kier molecular flexibility index (Phi) is 1.75. The summed E-state index contributed by atoms with van der Waals surface area (Å²) in [5.41, 5.74) is -0.00111. The van der Waals surface area contributed by atoms with Gasteiger partial charge in [0.2, 0.25) is 0 Å². The third-order valence-electron chi connectivity index (χ3n) is 3.36. The monoisotopic (exact) mass is 193 g/mol. The van der Waals surface area contributed by atoms with Gasteiger partial charge >= 0.3 is 5.69 Å². The predicted molar refractivity (Wildman–Crippen MR) is 52.3 cm³/mol. The molecule has 0 amide bonds. The Labute approximate surface area is 82.3 Å². The van der Waals surface area contributed by atoms with Crippen molar-refractivity contribution in [3.05, 3.63) is 16.3 Å². The molecular formula is C10H15N3O. The quantitative estimate of drug-likeness (QED) is 0.775. The lowest BCUT2D eigenvalue weighted by molar-refractivity contribution is 0.484. The highest BCUT2D eigenvalue weighted by molar-refractivity contribution is 5.06. The van der Waals surface area contributed by atoms with Crippen LogP contribution in [-0.4, -0.2) is 14.8 Å². The average Bonchev–Trinajstić information content (AvgIpc) is 2.75. The molecule has 1 aromatic heterocycles. The molecular weight excluding hydrogens is 178 g/mol. The first kappa shape index (κ1) is 8.26. The lowest BCUT2D eigenvalue weighted by Gasteiger charge is -2.11. The molecule has 2 fully saturated rings. The van der Waals surface area contributed by atoms with Gasteiger partial charge in [-0.1, -0.05) is 12.8 Å². The lowest BCUT2D eigenvalue weighted by Crippen LogP contribution is -2.22. The topological polar surface area (TPSA) is 50.7 Å². The summed E-state index contributed by atoms with van der Waals surface area (Å²) in [6, 6.07) is 0.428. The Morgan fingerprint density at radius 3 is 2.57 bits per heavy atom. The zero-order chi connectivity index (χ0) is 9.54. The second-order valence-corrected chi connectivity index (χ2v) is 4.47. The van der Waals surface area contributed by atoms with Crippen molar-refractivity contribution >= 4 is 0 Å². The van der Waals surface area contributed by atoms with Crippen molar-refractivity contribution < 1.29 is 0 Å². The highest BCUT2D eigenvalue weighted by Crippen LogP contribution is 2.40. The van der Waals surface area contributed by atoms with Gasteiger partial charge in [0.1, 0.15) is 5.82 Å². The number of hydrogen-bond donors (Lipinski definition) is 1. The predicted octanol–water partition coefficient (Wildman–Crippen LogP) is 1.56. The molecule has 4 heteroatoms. The Hall–Kier alpha value is -1.06. The molecule has 0 atom stereocenters. The van der Waals surface area contributed by atoms with Gasteiger partial charge in [-0.25, -0.2) is 9.89 Å². The Balaban J connectivity index is 2.00. The molecule has 2 aliphatic carbocycles. The molecule has 3 rings (SSSR count). The smallest absolute Gasteiger partial charge is 0.276 e. The van der Waals surface area contributed by atoms with Gasteiger partial charge in [-0.15, -0.1) is 0 Å². The summed E-state index contributed by atoms with van der Waals surface area (Å²) < 4.78 is 1.92. The molecule has 0 spiro atoms. The molecule has 2 saturated carbocycles. The number of aromatic amines is 1. The van der Waals surface area contributed by atoms with E-state index in [1.807, 2.05) is 4.57 Å². The number of aromatic nitrogens is 3. The van der Waals surface area contributed by atoms with Crippen LogP contribution in [0.3, 0.4) is 0 Å². The first-order chi connectivity index (χ1) is 6.86. The van der Waals surface area contributed by atoms with Gasteiger partial charge < -0.3 is 0 Å². The first-order valence-corrected chi connectivity index (χ1v) is 5.53. The lowest BCUT2D eigenvalue weighted by atomic mass is 10.2. The third kappa shape index (κ3) is 1.21. The Bertz CT molecular complexity index is 382. The standard InChI is InChI=1S/C10H15N3O/c14-10-12-11-9(7-5-6-7)13(10)8-3-1-2-4-8/h7-8H,1-6H2,(H,12,14). The van der Waals surface area contributed by atoms with Crippen molar-refractivity contribution in [2.24, 2.45) is 0 Å². The minimum absolute atomic E-state index is 0.00111. The van der Waals surface area contributed by atoms with E-state index in [2.05, 4.69) is 10.2 Å². The minimum Gasteiger partial charge on any atom is -0.276 e. The maximum Gasteiger partial charge on any atom is 0.343 e. The van der Waals surface area contributed by atoms with Gasteiger partial charge in [0.05, 0.1) is 0 Å². The molecule has 14 heavy (non-hydrogen) atoms. The van der Waals surface area contributed by atoms with Crippen molar-refractivity contribution in [3.63, 3.8) is 0 Å². The van der Waals surface area contributed by atoms with E-state index < -0.39 is 0 Å². The second kappa shape index (κ2) is 2.97. The molecule has 4 nitrogen and oxygen atoms in total. The van der Waals surface area contributed by atoms with E-state index in [0.29, 0.717) is 12.0 Å². The SMILES string of the molecule is O=c1[nH]nc(C2CC2)n1C1CCCC1. The van der Waals surface area contributed by atoms with E-state index >= 15 is 0 Å². The number of hydrogen-bond acceptors (Lipinski definition) is 2. The van der Waals surface area contributed by atoms with Gasteiger partial charge in [-0.2, -0.15) is 5.10 Å². The zero-order valence-corrected chi connectivity index (χ0v) is 8.20. The van der Waals surface area contributed by atoms with Crippen LogP contribution in [0.5, 0.6) is 0 Å². The van der Waals surface area contributed by atoms with Crippen LogP contribution in [-0.2, 0) is 0 Å². The highest BCUT2D eigenvalue weighted by Gasteiger charge is 2.32. The van der Waals surface area contributed by atoms with Gasteiger partial charge in [-0.3, -0.25) is 4.57 Å². The molecule has 0 unspecified atom stereocenters. The fourth-order valence-electron chi connectivity index (χ4n) is 2.46. The zero-order valence-electron chi connectivity index (χ0n) is 8.20. The molecule has 1 N–H and O–H groups in total. The molecule has 0 aromatic carbocycles. The van der Waals surface area contributed by atoms with Gasteiger partial charge in [0, 0.05) is 12.0 Å². The van der Waals surface area contributed by atoms with Gasteiger partial charge in [0.15, 0.2) is 0 Å². The van der Waals surface area contributed by atoms with Gasteiger partial charge in [0.25, 0.3) is 0 Å². The van der Waals surface area contributed by atoms with Crippen molar-refractivity contribution in [1.82, 2.24) is 14.8 Å². The molecule has 0 radical (unpaired) electrons. The van der Waals surface area contributed by atoms with Crippen molar-refractivity contribution in [2.45, 2.75) is 50.5 Å². The normalized spacial score (nSPS) is 23.1. The summed E-state index contributed by atoms with van der Waals surface area (Å²) >= 11 is 0. The molecule has 1 heterocycles. The summed E-state index contributed by atoms with van der Waals surface area (Å²) in [6.07, 6.45) is 7.23. The number of H-pyrrole nitrogens is 1. The number of rotatable bonds is 2. The van der Waals surface area contributed by atoms with Crippen LogP contribution < -0.4 is 5.69 Å².